The van der Waals surface area contributed by atoms with E-state index in [1.807, 2.05) is 0 Å². The summed E-state index contributed by atoms with van der Waals surface area (Å²) in [5, 5.41) is 9.49. The van der Waals surface area contributed by atoms with Crippen LogP contribution >= 0.6 is 0 Å². The second-order valence-electron chi connectivity index (χ2n) is 7.21. The molecule has 1 aliphatic heterocycles. The van der Waals surface area contributed by atoms with Crippen LogP contribution in [-0.2, 0) is 9.59 Å². The van der Waals surface area contributed by atoms with Crippen LogP contribution in [0.15, 0.2) is 0 Å². The van der Waals surface area contributed by atoms with Gasteiger partial charge in [0.15, 0.2) is 0 Å². The summed E-state index contributed by atoms with van der Waals surface area (Å²) in [6, 6.07) is -0.356. The molecular weight excluding hydrogens is 266 g/mol. The minimum absolute atomic E-state index is 0.115. The molecule has 1 N–H and O–H groups in total. The van der Waals surface area contributed by atoms with Gasteiger partial charge in [-0.1, -0.05) is 32.1 Å². The van der Waals surface area contributed by atoms with Gasteiger partial charge in [-0.05, 0) is 43.9 Å². The van der Waals surface area contributed by atoms with Crippen molar-refractivity contribution in [2.75, 3.05) is 0 Å². The van der Waals surface area contributed by atoms with E-state index in [0.717, 1.165) is 32.1 Å². The molecule has 118 valence electrons. The highest BCUT2D eigenvalue weighted by Gasteiger charge is 2.47. The average molecular weight is 293 g/mol. The predicted octanol–water partition coefficient (Wildman–Crippen LogP) is 3.20. The summed E-state index contributed by atoms with van der Waals surface area (Å²) in [6.07, 6.45) is 11.7. The lowest BCUT2D eigenvalue weighted by molar-refractivity contribution is -0.150. The van der Waals surface area contributed by atoms with Gasteiger partial charge < -0.3 is 10.0 Å². The molecule has 1 saturated heterocycles. The summed E-state index contributed by atoms with van der Waals surface area (Å²) in [5.74, 6) is 0.226. The third-order valence-electron chi connectivity index (χ3n) is 5.85. The van der Waals surface area contributed by atoms with Crippen molar-refractivity contribution in [1.29, 1.82) is 0 Å². The number of carbonyl (C=O) groups is 2. The zero-order valence-corrected chi connectivity index (χ0v) is 12.8. The first kappa shape index (κ1) is 14.9. The number of amides is 1. The van der Waals surface area contributed by atoms with Crippen LogP contribution in [-0.4, -0.2) is 34.0 Å². The molecule has 3 rings (SSSR count). The van der Waals surface area contributed by atoms with Crippen molar-refractivity contribution in [1.82, 2.24) is 4.90 Å². The van der Waals surface area contributed by atoms with Gasteiger partial charge in [0.2, 0.25) is 5.91 Å². The van der Waals surface area contributed by atoms with E-state index in [4.69, 9.17) is 0 Å². The first-order chi connectivity index (χ1) is 10.2. The normalized spacial score (nSPS) is 33.7. The van der Waals surface area contributed by atoms with E-state index >= 15 is 0 Å². The van der Waals surface area contributed by atoms with Crippen molar-refractivity contribution >= 4 is 11.9 Å². The van der Waals surface area contributed by atoms with Gasteiger partial charge in [0.1, 0.15) is 6.04 Å². The number of rotatable bonds is 3. The Bertz CT molecular complexity index is 403. The maximum absolute atomic E-state index is 12.7. The van der Waals surface area contributed by atoms with Gasteiger partial charge in [-0.2, -0.15) is 0 Å². The molecule has 4 heteroatoms. The zero-order valence-electron chi connectivity index (χ0n) is 12.8. The molecule has 3 unspecified atom stereocenters. The van der Waals surface area contributed by atoms with Crippen LogP contribution < -0.4 is 0 Å². The summed E-state index contributed by atoms with van der Waals surface area (Å²) in [4.78, 5) is 26.1. The second-order valence-corrected chi connectivity index (χ2v) is 7.21. The van der Waals surface area contributed by atoms with Crippen molar-refractivity contribution in [3.63, 3.8) is 0 Å². The molecule has 0 aromatic carbocycles. The Morgan fingerprint density at radius 1 is 0.952 bits per heavy atom. The van der Waals surface area contributed by atoms with Crippen LogP contribution in [0.5, 0.6) is 0 Å². The standard InChI is InChI=1S/C17H27NO3/c19-16(10-12-6-2-1-3-7-12)18-14-9-5-4-8-13(14)11-15(18)17(20)21/h12-15H,1-11H2,(H,20,21). The number of aliphatic carboxylic acids is 1. The fourth-order valence-electron chi connectivity index (χ4n) is 4.78. The van der Waals surface area contributed by atoms with Crippen molar-refractivity contribution < 1.29 is 14.7 Å². The van der Waals surface area contributed by atoms with E-state index in [0.29, 0.717) is 24.7 Å². The van der Waals surface area contributed by atoms with Crippen molar-refractivity contribution in [3.8, 4) is 0 Å². The number of nitrogens with zero attached hydrogens (tertiary/aromatic N) is 1. The Labute approximate surface area is 126 Å². The molecule has 0 bridgehead atoms. The van der Waals surface area contributed by atoms with Crippen LogP contribution in [0.25, 0.3) is 0 Å². The van der Waals surface area contributed by atoms with Crippen LogP contribution in [0.1, 0.15) is 70.6 Å². The average Bonchev–Trinajstić information content (AvgIpc) is 2.88. The SMILES string of the molecule is O=C(O)C1CC2CCCCC2N1C(=O)CC1CCCCC1. The van der Waals surface area contributed by atoms with Crippen molar-refractivity contribution in [2.24, 2.45) is 11.8 Å². The Kier molecular flexibility index (Phi) is 4.51. The van der Waals surface area contributed by atoms with Crippen molar-refractivity contribution in [2.45, 2.75) is 82.7 Å². The summed E-state index contributed by atoms with van der Waals surface area (Å²) in [6.45, 7) is 0. The summed E-state index contributed by atoms with van der Waals surface area (Å²) >= 11 is 0. The summed E-state index contributed by atoms with van der Waals surface area (Å²) in [7, 11) is 0. The van der Waals surface area contributed by atoms with Crippen LogP contribution in [0.3, 0.4) is 0 Å². The third-order valence-corrected chi connectivity index (χ3v) is 5.85. The quantitative estimate of drug-likeness (QED) is 0.869. The lowest BCUT2D eigenvalue weighted by atomic mass is 9.84. The molecule has 0 radical (unpaired) electrons. The number of hydrogen-bond donors (Lipinski definition) is 1. The summed E-state index contributed by atoms with van der Waals surface area (Å²) in [5.41, 5.74) is 0. The number of carbonyl (C=O) groups excluding carboxylic acids is 1. The molecule has 4 nitrogen and oxygen atoms in total. The fourth-order valence-corrected chi connectivity index (χ4v) is 4.78. The molecule has 0 aromatic heterocycles. The molecule has 3 aliphatic rings. The smallest absolute Gasteiger partial charge is 0.326 e. The van der Waals surface area contributed by atoms with E-state index in [2.05, 4.69) is 0 Å². The molecule has 3 fully saturated rings. The van der Waals surface area contributed by atoms with E-state index in [-0.39, 0.29) is 11.9 Å². The number of fused-ring (bicyclic) bond motifs is 1. The molecule has 0 spiro atoms. The highest BCUT2D eigenvalue weighted by Crippen LogP contribution is 2.41. The van der Waals surface area contributed by atoms with Crippen molar-refractivity contribution in [3.05, 3.63) is 0 Å². The topological polar surface area (TPSA) is 57.6 Å². The first-order valence-electron chi connectivity index (χ1n) is 8.71. The van der Waals surface area contributed by atoms with E-state index in [9.17, 15) is 14.7 Å². The van der Waals surface area contributed by atoms with Gasteiger partial charge in [0.25, 0.3) is 0 Å². The highest BCUT2D eigenvalue weighted by molar-refractivity contribution is 5.85. The molecule has 0 aromatic rings. The van der Waals surface area contributed by atoms with Gasteiger partial charge >= 0.3 is 5.97 Å². The van der Waals surface area contributed by atoms with Crippen LogP contribution in [0.4, 0.5) is 0 Å². The lowest BCUT2D eigenvalue weighted by Crippen LogP contribution is -2.46. The monoisotopic (exact) mass is 293 g/mol. The van der Waals surface area contributed by atoms with Gasteiger partial charge in [-0.3, -0.25) is 4.79 Å². The Morgan fingerprint density at radius 3 is 2.33 bits per heavy atom. The van der Waals surface area contributed by atoms with E-state index in [1.165, 1.54) is 25.7 Å². The molecular formula is C17H27NO3. The Balaban J connectivity index is 1.69. The maximum atomic E-state index is 12.7. The largest absolute Gasteiger partial charge is 0.480 e. The van der Waals surface area contributed by atoms with E-state index in [1.54, 1.807) is 4.90 Å². The number of likely N-dealkylation sites (tertiary alicyclic amines) is 1. The number of hydrogen-bond acceptors (Lipinski definition) is 2. The summed E-state index contributed by atoms with van der Waals surface area (Å²) < 4.78 is 0. The predicted molar refractivity (Wildman–Crippen MR) is 79.8 cm³/mol. The highest BCUT2D eigenvalue weighted by atomic mass is 16.4. The molecule has 2 saturated carbocycles. The zero-order chi connectivity index (χ0) is 14.8. The Morgan fingerprint density at radius 2 is 1.62 bits per heavy atom. The van der Waals surface area contributed by atoms with Gasteiger partial charge in [-0.15, -0.1) is 0 Å². The second kappa shape index (κ2) is 6.37. The molecule has 3 atom stereocenters. The Hall–Kier alpha value is -1.06. The van der Waals surface area contributed by atoms with Crippen LogP contribution in [0, 0.1) is 11.8 Å². The van der Waals surface area contributed by atoms with Crippen LogP contribution in [0.2, 0.25) is 0 Å². The third kappa shape index (κ3) is 3.09. The lowest BCUT2D eigenvalue weighted by Gasteiger charge is -2.34. The first-order valence-corrected chi connectivity index (χ1v) is 8.71. The van der Waals surface area contributed by atoms with E-state index < -0.39 is 12.0 Å². The molecule has 1 amide bonds. The van der Waals surface area contributed by atoms with Gasteiger partial charge in [-0.25, -0.2) is 4.79 Å². The number of carboxylic acids is 1. The molecule has 1 heterocycles. The fraction of sp³-hybridized carbons (Fsp3) is 0.882. The molecule has 21 heavy (non-hydrogen) atoms. The maximum Gasteiger partial charge on any atom is 0.326 e. The minimum atomic E-state index is -0.804. The van der Waals surface area contributed by atoms with Gasteiger partial charge in [0, 0.05) is 12.5 Å². The number of carboxylic acid groups (broad SMARTS) is 1. The minimum Gasteiger partial charge on any atom is -0.480 e. The molecule has 2 aliphatic carbocycles. The van der Waals surface area contributed by atoms with Gasteiger partial charge in [0.05, 0.1) is 0 Å².